The summed E-state index contributed by atoms with van der Waals surface area (Å²) >= 11 is 7.40. The van der Waals surface area contributed by atoms with Gasteiger partial charge in [0.25, 0.3) is 0 Å². The summed E-state index contributed by atoms with van der Waals surface area (Å²) in [6.07, 6.45) is 2.83. The molecule has 0 aliphatic rings. The molecule has 1 aromatic carbocycles. The minimum atomic E-state index is -1.16. The Morgan fingerprint density at radius 1 is 1.43 bits per heavy atom. The van der Waals surface area contributed by atoms with E-state index in [0.29, 0.717) is 5.69 Å². The summed E-state index contributed by atoms with van der Waals surface area (Å²) in [5.41, 5.74) is 0.690. The van der Waals surface area contributed by atoms with Gasteiger partial charge < -0.3 is 10.4 Å². The molecule has 0 fully saturated rings. The first-order chi connectivity index (χ1) is 9.97. The van der Waals surface area contributed by atoms with Crippen molar-refractivity contribution in [3.63, 3.8) is 0 Å². The number of carboxylic acids is 1. The number of halogens is 1. The van der Waals surface area contributed by atoms with Crippen LogP contribution < -0.4 is 5.32 Å². The van der Waals surface area contributed by atoms with Crippen LogP contribution >= 0.6 is 22.9 Å². The molecule has 1 amide bonds. The van der Waals surface area contributed by atoms with E-state index in [1.54, 1.807) is 6.08 Å². The van der Waals surface area contributed by atoms with E-state index in [2.05, 4.69) is 10.3 Å². The zero-order valence-electron chi connectivity index (χ0n) is 11.0. The van der Waals surface area contributed by atoms with Crippen molar-refractivity contribution in [1.29, 1.82) is 0 Å². The van der Waals surface area contributed by atoms with Gasteiger partial charge in [-0.1, -0.05) is 17.7 Å². The molecule has 0 aliphatic carbocycles. The molecule has 0 bridgehead atoms. The van der Waals surface area contributed by atoms with Crippen molar-refractivity contribution >= 4 is 46.6 Å². The molecule has 0 radical (unpaired) electrons. The number of para-hydroxylation sites is 1. The van der Waals surface area contributed by atoms with Crippen LogP contribution in [0.4, 0.5) is 5.69 Å². The van der Waals surface area contributed by atoms with Gasteiger partial charge in [-0.05, 0) is 25.1 Å². The van der Waals surface area contributed by atoms with Gasteiger partial charge in [0.15, 0.2) is 0 Å². The first kappa shape index (κ1) is 15.2. The lowest BCUT2D eigenvalue weighted by Crippen LogP contribution is -2.12. The Labute approximate surface area is 129 Å². The summed E-state index contributed by atoms with van der Waals surface area (Å²) in [6, 6.07) is 4.39. The highest BCUT2D eigenvalue weighted by atomic mass is 35.5. The second-order valence-corrected chi connectivity index (χ2v) is 5.55. The zero-order valence-corrected chi connectivity index (χ0v) is 12.5. The molecule has 2 aromatic rings. The van der Waals surface area contributed by atoms with Crippen LogP contribution in [0.5, 0.6) is 0 Å². The molecule has 1 heterocycles. The van der Waals surface area contributed by atoms with Crippen LogP contribution in [0.2, 0.25) is 5.02 Å². The van der Waals surface area contributed by atoms with Gasteiger partial charge in [0.1, 0.15) is 0 Å². The van der Waals surface area contributed by atoms with Gasteiger partial charge >= 0.3 is 5.97 Å². The van der Waals surface area contributed by atoms with E-state index in [-0.39, 0.29) is 16.3 Å². The average molecular weight is 323 g/mol. The molecule has 0 saturated heterocycles. The first-order valence-electron chi connectivity index (χ1n) is 5.90. The van der Waals surface area contributed by atoms with Gasteiger partial charge in [-0.15, -0.1) is 11.3 Å². The summed E-state index contributed by atoms with van der Waals surface area (Å²) in [5, 5.41) is 14.4. The van der Waals surface area contributed by atoms with Crippen LogP contribution in [0, 0.1) is 6.92 Å². The van der Waals surface area contributed by atoms with Gasteiger partial charge in [-0.25, -0.2) is 9.78 Å². The smallest absolute Gasteiger partial charge is 0.337 e. The number of hydrogen-bond donors (Lipinski definition) is 2. The number of amides is 1. The molecule has 21 heavy (non-hydrogen) atoms. The number of carbonyl (C=O) groups excluding carboxylic acids is 1. The number of aromatic carboxylic acids is 1. The van der Waals surface area contributed by atoms with E-state index in [9.17, 15) is 9.59 Å². The highest BCUT2D eigenvalue weighted by Gasteiger charge is 2.14. The normalized spacial score (nSPS) is 10.8. The lowest BCUT2D eigenvalue weighted by atomic mass is 10.1. The lowest BCUT2D eigenvalue weighted by Gasteiger charge is -2.08. The summed E-state index contributed by atoms with van der Waals surface area (Å²) in [6.45, 7) is 1.87. The number of carboxylic acid groups (broad SMARTS) is 1. The second-order valence-electron chi connectivity index (χ2n) is 4.08. The third-order valence-electron chi connectivity index (χ3n) is 2.53. The summed E-state index contributed by atoms with van der Waals surface area (Å²) in [7, 11) is 0. The monoisotopic (exact) mass is 322 g/mol. The molecule has 1 aromatic heterocycles. The van der Waals surface area contributed by atoms with Crippen molar-refractivity contribution in [1.82, 2.24) is 4.98 Å². The molecule has 0 aliphatic heterocycles. The molecule has 0 spiro atoms. The van der Waals surface area contributed by atoms with Crippen molar-refractivity contribution in [2.75, 3.05) is 5.32 Å². The van der Waals surface area contributed by atoms with E-state index in [1.807, 2.05) is 12.3 Å². The predicted molar refractivity (Wildman–Crippen MR) is 82.9 cm³/mol. The minimum Gasteiger partial charge on any atom is -0.478 e. The summed E-state index contributed by atoms with van der Waals surface area (Å²) < 4.78 is 0. The quantitative estimate of drug-likeness (QED) is 0.845. The van der Waals surface area contributed by atoms with Gasteiger partial charge in [0, 0.05) is 11.5 Å². The van der Waals surface area contributed by atoms with Gasteiger partial charge in [0.2, 0.25) is 5.91 Å². The predicted octanol–water partition coefficient (Wildman–Crippen LogP) is 3.46. The molecule has 108 valence electrons. The number of benzene rings is 1. The molecule has 0 unspecified atom stereocenters. The van der Waals surface area contributed by atoms with Crippen LogP contribution in [-0.2, 0) is 4.79 Å². The summed E-state index contributed by atoms with van der Waals surface area (Å²) in [4.78, 5) is 27.1. The van der Waals surface area contributed by atoms with E-state index in [4.69, 9.17) is 16.7 Å². The van der Waals surface area contributed by atoms with E-state index >= 15 is 0 Å². The largest absolute Gasteiger partial charge is 0.478 e. The Kier molecular flexibility index (Phi) is 4.72. The molecule has 0 saturated carbocycles. The third-order valence-corrected chi connectivity index (χ3v) is 3.64. The number of thiazole rings is 1. The topological polar surface area (TPSA) is 79.3 Å². The number of hydrogen-bond acceptors (Lipinski definition) is 4. The standard InChI is InChI=1S/C14H11ClN2O3S/c1-8-16-9(7-21-8)5-6-12(18)17-13-10(14(19)20)3-2-4-11(13)15/h2-7H,1H3,(H,17,18)(H,19,20)/b6-5+. The fourth-order valence-electron chi connectivity index (χ4n) is 1.61. The number of anilines is 1. The van der Waals surface area contributed by atoms with E-state index in [0.717, 1.165) is 5.01 Å². The second kappa shape index (κ2) is 6.51. The van der Waals surface area contributed by atoms with Crippen LogP contribution in [-0.4, -0.2) is 22.0 Å². The maximum atomic E-state index is 11.8. The molecular weight excluding hydrogens is 312 g/mol. The molecule has 2 N–H and O–H groups in total. The Hall–Kier alpha value is -2.18. The number of rotatable bonds is 4. The van der Waals surface area contributed by atoms with Gasteiger partial charge in [0.05, 0.1) is 27.0 Å². The average Bonchev–Trinajstić information content (AvgIpc) is 2.84. The fraction of sp³-hybridized carbons (Fsp3) is 0.0714. The molecule has 5 nitrogen and oxygen atoms in total. The van der Waals surface area contributed by atoms with E-state index < -0.39 is 11.9 Å². The van der Waals surface area contributed by atoms with Gasteiger partial charge in [-0.2, -0.15) is 0 Å². The van der Waals surface area contributed by atoms with Crippen molar-refractivity contribution in [2.24, 2.45) is 0 Å². The molecular formula is C14H11ClN2O3S. The molecule has 2 rings (SSSR count). The van der Waals surface area contributed by atoms with Crippen molar-refractivity contribution in [3.8, 4) is 0 Å². The van der Waals surface area contributed by atoms with Crippen LogP contribution in [0.3, 0.4) is 0 Å². The Bertz CT molecular complexity index is 725. The number of nitrogens with zero attached hydrogens (tertiary/aromatic N) is 1. The number of aryl methyl sites for hydroxylation is 1. The Balaban J connectivity index is 2.16. The number of nitrogens with one attached hydrogen (secondary N) is 1. The molecule has 7 heteroatoms. The number of aromatic nitrogens is 1. The minimum absolute atomic E-state index is 0.0613. The highest BCUT2D eigenvalue weighted by Crippen LogP contribution is 2.26. The number of carbonyl (C=O) groups is 2. The highest BCUT2D eigenvalue weighted by molar-refractivity contribution is 7.09. The maximum Gasteiger partial charge on any atom is 0.337 e. The Morgan fingerprint density at radius 3 is 2.81 bits per heavy atom. The van der Waals surface area contributed by atoms with Crippen LogP contribution in [0.1, 0.15) is 21.1 Å². The molecule has 0 atom stereocenters. The third kappa shape index (κ3) is 3.90. The van der Waals surface area contributed by atoms with E-state index in [1.165, 1.54) is 35.6 Å². The first-order valence-corrected chi connectivity index (χ1v) is 7.16. The SMILES string of the molecule is Cc1nc(/C=C/C(=O)Nc2c(Cl)cccc2C(=O)O)cs1. The summed E-state index contributed by atoms with van der Waals surface area (Å²) in [5.74, 6) is -1.64. The van der Waals surface area contributed by atoms with Crippen LogP contribution in [0.15, 0.2) is 29.7 Å². The van der Waals surface area contributed by atoms with Crippen LogP contribution in [0.25, 0.3) is 6.08 Å². The zero-order chi connectivity index (χ0) is 15.4. The van der Waals surface area contributed by atoms with Crippen molar-refractivity contribution < 1.29 is 14.7 Å². The van der Waals surface area contributed by atoms with Crippen molar-refractivity contribution in [2.45, 2.75) is 6.92 Å². The Morgan fingerprint density at radius 2 is 2.19 bits per heavy atom. The van der Waals surface area contributed by atoms with Crippen molar-refractivity contribution in [3.05, 3.63) is 50.9 Å². The maximum absolute atomic E-state index is 11.8. The van der Waals surface area contributed by atoms with Gasteiger partial charge in [-0.3, -0.25) is 4.79 Å². The fourth-order valence-corrected chi connectivity index (χ4v) is 2.41. The lowest BCUT2D eigenvalue weighted by molar-refractivity contribution is -0.111.